The van der Waals surface area contributed by atoms with Crippen molar-refractivity contribution in [3.8, 4) is 11.1 Å². The monoisotopic (exact) mass is 466 g/mol. The van der Waals surface area contributed by atoms with Crippen LogP contribution in [0.5, 0.6) is 0 Å². The first-order valence-corrected chi connectivity index (χ1v) is 11.7. The summed E-state index contributed by atoms with van der Waals surface area (Å²) >= 11 is 0. The van der Waals surface area contributed by atoms with E-state index in [1.165, 1.54) is 32.0 Å². The summed E-state index contributed by atoms with van der Waals surface area (Å²) in [5.74, 6) is -1.47. The largest absolute Gasteiger partial charge is 0.381 e. The minimum atomic E-state index is -2.72. The number of nitrogens with one attached hydrogen (secondary N) is 1. The highest BCUT2D eigenvalue weighted by Gasteiger charge is 2.41. The number of likely N-dealkylation sites (tertiary alicyclic amines) is 1. The zero-order valence-electron chi connectivity index (χ0n) is 18.1. The van der Waals surface area contributed by atoms with Crippen molar-refractivity contribution < 1.29 is 27.1 Å². The van der Waals surface area contributed by atoms with Crippen LogP contribution in [0.4, 0.5) is 8.78 Å². The number of hydrogen-bond donors (Lipinski definition) is 3. The molecule has 1 fully saturated rings. The molecule has 174 valence electrons. The highest BCUT2D eigenvalue weighted by molar-refractivity contribution is 7.70. The SMILES string of the molecule is CC(C)(O)C(=O)N1CC[C@@H](CCN[SH](=O)=O)[C@@H]1Cc1cccc(-c2cccc(F)c2)c1F. The summed E-state index contributed by atoms with van der Waals surface area (Å²) in [6, 6.07) is 10.2. The molecule has 2 atom stereocenters. The molecule has 2 aromatic carbocycles. The van der Waals surface area contributed by atoms with Crippen molar-refractivity contribution >= 4 is 16.8 Å². The van der Waals surface area contributed by atoms with Gasteiger partial charge in [0.15, 0.2) is 0 Å². The minimum Gasteiger partial charge on any atom is -0.381 e. The molecule has 6 nitrogen and oxygen atoms in total. The van der Waals surface area contributed by atoms with E-state index >= 15 is 4.39 Å². The van der Waals surface area contributed by atoms with Gasteiger partial charge in [-0.1, -0.05) is 30.3 Å². The lowest BCUT2D eigenvalue weighted by atomic mass is 9.89. The summed E-state index contributed by atoms with van der Waals surface area (Å²) < 4.78 is 53.1. The third kappa shape index (κ3) is 5.70. The van der Waals surface area contributed by atoms with E-state index in [4.69, 9.17) is 0 Å². The van der Waals surface area contributed by atoms with Crippen molar-refractivity contribution in [1.82, 2.24) is 9.62 Å². The van der Waals surface area contributed by atoms with Crippen LogP contribution in [0.3, 0.4) is 0 Å². The maximum Gasteiger partial charge on any atom is 0.254 e. The minimum absolute atomic E-state index is 0.0685. The molecule has 0 aliphatic carbocycles. The van der Waals surface area contributed by atoms with Crippen LogP contribution < -0.4 is 4.72 Å². The van der Waals surface area contributed by atoms with Crippen molar-refractivity contribution in [1.29, 1.82) is 0 Å². The van der Waals surface area contributed by atoms with Crippen molar-refractivity contribution in [3.63, 3.8) is 0 Å². The molecule has 0 spiro atoms. The molecular formula is C23H28F2N2O4S. The van der Waals surface area contributed by atoms with Crippen molar-refractivity contribution in [3.05, 3.63) is 59.7 Å². The molecule has 2 aromatic rings. The molecular weight excluding hydrogens is 438 g/mol. The van der Waals surface area contributed by atoms with E-state index in [1.54, 1.807) is 29.2 Å². The van der Waals surface area contributed by atoms with Crippen LogP contribution in [0, 0.1) is 17.6 Å². The van der Waals surface area contributed by atoms with Gasteiger partial charge in [-0.15, -0.1) is 0 Å². The van der Waals surface area contributed by atoms with Crippen molar-refractivity contribution in [2.45, 2.75) is 44.8 Å². The van der Waals surface area contributed by atoms with E-state index in [0.717, 1.165) is 0 Å². The van der Waals surface area contributed by atoms with Gasteiger partial charge in [0.1, 0.15) is 17.2 Å². The summed E-state index contributed by atoms with van der Waals surface area (Å²) in [7, 11) is -2.72. The van der Waals surface area contributed by atoms with Crippen molar-refractivity contribution in [2.24, 2.45) is 5.92 Å². The van der Waals surface area contributed by atoms with Gasteiger partial charge in [-0.25, -0.2) is 21.9 Å². The van der Waals surface area contributed by atoms with Gasteiger partial charge in [0, 0.05) is 24.7 Å². The van der Waals surface area contributed by atoms with E-state index in [9.17, 15) is 22.7 Å². The fraction of sp³-hybridized carbons (Fsp3) is 0.435. The van der Waals surface area contributed by atoms with E-state index < -0.39 is 40.1 Å². The third-order valence-electron chi connectivity index (χ3n) is 5.87. The van der Waals surface area contributed by atoms with Gasteiger partial charge < -0.3 is 10.0 Å². The lowest BCUT2D eigenvalue weighted by molar-refractivity contribution is -0.149. The molecule has 0 unspecified atom stereocenters. The Morgan fingerprint density at radius 3 is 2.59 bits per heavy atom. The van der Waals surface area contributed by atoms with Gasteiger partial charge in [-0.05, 0) is 62.3 Å². The zero-order valence-corrected chi connectivity index (χ0v) is 18.9. The number of nitrogens with zero attached hydrogens (tertiary/aromatic N) is 1. The molecule has 9 heteroatoms. The molecule has 1 aliphatic heterocycles. The maximum absolute atomic E-state index is 15.4. The Bertz CT molecular complexity index is 1040. The van der Waals surface area contributed by atoms with Crippen LogP contribution in [0.1, 0.15) is 32.3 Å². The molecule has 1 heterocycles. The predicted molar refractivity (Wildman–Crippen MR) is 118 cm³/mol. The van der Waals surface area contributed by atoms with Crippen LogP contribution in [0.15, 0.2) is 42.5 Å². The van der Waals surface area contributed by atoms with E-state index in [0.29, 0.717) is 30.5 Å². The Hall–Kier alpha value is -2.36. The molecule has 0 bridgehead atoms. The Labute approximate surface area is 188 Å². The molecule has 0 aromatic heterocycles. The number of amides is 1. The predicted octanol–water partition coefficient (Wildman–Crippen LogP) is 2.67. The second kappa shape index (κ2) is 10.1. The van der Waals surface area contributed by atoms with Gasteiger partial charge in [0.25, 0.3) is 5.91 Å². The number of aliphatic hydroxyl groups is 1. The molecule has 0 radical (unpaired) electrons. The topological polar surface area (TPSA) is 86.7 Å². The average molecular weight is 467 g/mol. The third-order valence-corrected chi connectivity index (χ3v) is 6.35. The lowest BCUT2D eigenvalue weighted by Crippen LogP contribution is -2.49. The van der Waals surface area contributed by atoms with Gasteiger partial charge in [-0.3, -0.25) is 4.79 Å². The maximum atomic E-state index is 15.4. The number of thiol groups is 1. The average Bonchev–Trinajstić information content (AvgIpc) is 3.10. The Morgan fingerprint density at radius 2 is 1.94 bits per heavy atom. The number of halogens is 2. The van der Waals surface area contributed by atoms with E-state index in [-0.39, 0.29) is 24.4 Å². The molecule has 2 N–H and O–H groups in total. The van der Waals surface area contributed by atoms with Gasteiger partial charge in [0.05, 0.1) is 0 Å². The molecule has 32 heavy (non-hydrogen) atoms. The first-order chi connectivity index (χ1) is 15.1. The molecule has 1 saturated heterocycles. The van der Waals surface area contributed by atoms with Crippen molar-refractivity contribution in [2.75, 3.05) is 13.1 Å². The second-order valence-electron chi connectivity index (χ2n) is 8.62. The van der Waals surface area contributed by atoms with Crippen LogP contribution >= 0.6 is 0 Å². The smallest absolute Gasteiger partial charge is 0.254 e. The summed E-state index contributed by atoms with van der Waals surface area (Å²) in [6.07, 6.45) is 1.30. The number of carbonyl (C=O) groups excluding carboxylic acids is 1. The number of hydrogen-bond acceptors (Lipinski definition) is 4. The number of rotatable bonds is 8. The van der Waals surface area contributed by atoms with E-state index in [1.807, 2.05) is 0 Å². The summed E-state index contributed by atoms with van der Waals surface area (Å²) in [5, 5.41) is 10.2. The summed E-state index contributed by atoms with van der Waals surface area (Å²) in [6.45, 7) is 3.44. The van der Waals surface area contributed by atoms with Gasteiger partial charge in [-0.2, -0.15) is 0 Å². The van der Waals surface area contributed by atoms with Crippen LogP contribution in [-0.2, 0) is 22.1 Å². The van der Waals surface area contributed by atoms with Crippen LogP contribution in [-0.4, -0.2) is 49.1 Å². The van der Waals surface area contributed by atoms with Crippen LogP contribution in [0.2, 0.25) is 0 Å². The van der Waals surface area contributed by atoms with Gasteiger partial charge in [0.2, 0.25) is 10.9 Å². The number of carbonyl (C=O) groups is 1. The normalized spacial score (nSPS) is 19.0. The quantitative estimate of drug-likeness (QED) is 0.522. The standard InChI is InChI=1S/C23H28F2N2O4S/c1-23(2,29)22(28)27-12-10-15(9-11-26-32(30)31)20(27)14-17-6-4-8-19(21(17)25)16-5-3-7-18(24)13-16/h3-8,13,15,20,29,32H,9-12,14H2,1-2H3,(H,26,30,31)/t15-,20+/m1/s1. The Morgan fingerprint density at radius 1 is 1.22 bits per heavy atom. The fourth-order valence-electron chi connectivity index (χ4n) is 4.32. The van der Waals surface area contributed by atoms with Crippen LogP contribution in [0.25, 0.3) is 11.1 Å². The fourth-order valence-corrected chi connectivity index (χ4v) is 4.63. The molecule has 1 amide bonds. The van der Waals surface area contributed by atoms with E-state index in [2.05, 4.69) is 4.72 Å². The number of benzene rings is 2. The second-order valence-corrected chi connectivity index (χ2v) is 9.45. The first kappa shape index (κ1) is 24.3. The summed E-state index contributed by atoms with van der Waals surface area (Å²) in [4.78, 5) is 14.4. The lowest BCUT2D eigenvalue weighted by Gasteiger charge is -2.32. The Balaban J connectivity index is 1.90. The molecule has 0 saturated carbocycles. The zero-order chi connectivity index (χ0) is 23.5. The summed E-state index contributed by atoms with van der Waals surface area (Å²) in [5.41, 5.74) is -0.520. The Kier molecular flexibility index (Phi) is 7.63. The van der Waals surface area contributed by atoms with Gasteiger partial charge >= 0.3 is 0 Å². The first-order valence-electron chi connectivity index (χ1n) is 10.5. The molecule has 3 rings (SSSR count). The highest BCUT2D eigenvalue weighted by Crippen LogP contribution is 2.34. The highest BCUT2D eigenvalue weighted by atomic mass is 32.2. The molecule has 1 aliphatic rings.